The van der Waals surface area contributed by atoms with Gasteiger partial charge in [0.2, 0.25) is 5.69 Å². The van der Waals surface area contributed by atoms with Crippen LogP contribution in [0.4, 0.5) is 15.8 Å². The molecule has 1 aliphatic rings. The van der Waals surface area contributed by atoms with Crippen LogP contribution in [0.5, 0.6) is 0 Å². The van der Waals surface area contributed by atoms with Gasteiger partial charge in [0.1, 0.15) is 5.82 Å². The van der Waals surface area contributed by atoms with Gasteiger partial charge in [0.05, 0.1) is 25.5 Å². The molecule has 4 heteroatoms. The third-order valence-corrected chi connectivity index (χ3v) is 2.41. The highest BCUT2D eigenvalue weighted by atomic mass is 19.1. The predicted molar refractivity (Wildman–Crippen MR) is 55.7 cm³/mol. The SMILES string of the molecule is [C-]#[N+]c1cccc(F)c1N1CCOCC1. The summed E-state index contributed by atoms with van der Waals surface area (Å²) in [6.07, 6.45) is 0. The van der Waals surface area contributed by atoms with Crippen molar-refractivity contribution in [1.29, 1.82) is 0 Å². The van der Waals surface area contributed by atoms with Crippen molar-refractivity contribution in [2.75, 3.05) is 31.2 Å². The minimum absolute atomic E-state index is 0.328. The van der Waals surface area contributed by atoms with E-state index in [4.69, 9.17) is 11.3 Å². The van der Waals surface area contributed by atoms with Crippen molar-refractivity contribution in [1.82, 2.24) is 0 Å². The molecule has 0 aliphatic carbocycles. The highest BCUT2D eigenvalue weighted by Crippen LogP contribution is 2.31. The van der Waals surface area contributed by atoms with Crippen LogP contribution in [0, 0.1) is 12.4 Å². The van der Waals surface area contributed by atoms with Gasteiger partial charge in [-0.2, -0.15) is 0 Å². The van der Waals surface area contributed by atoms with E-state index < -0.39 is 0 Å². The first-order valence-electron chi connectivity index (χ1n) is 4.81. The quantitative estimate of drug-likeness (QED) is 0.655. The van der Waals surface area contributed by atoms with Crippen LogP contribution in [-0.2, 0) is 4.74 Å². The molecule has 78 valence electrons. The molecule has 1 aromatic carbocycles. The lowest BCUT2D eigenvalue weighted by Crippen LogP contribution is -2.36. The molecule has 3 nitrogen and oxygen atoms in total. The van der Waals surface area contributed by atoms with Gasteiger partial charge in [-0.15, -0.1) is 0 Å². The smallest absolute Gasteiger partial charge is 0.212 e. The Bertz CT molecular complexity index is 394. The number of hydrogen-bond donors (Lipinski definition) is 0. The van der Waals surface area contributed by atoms with E-state index in [2.05, 4.69) is 4.85 Å². The Kier molecular flexibility index (Phi) is 2.84. The molecule has 0 bridgehead atoms. The van der Waals surface area contributed by atoms with Gasteiger partial charge >= 0.3 is 0 Å². The second-order valence-corrected chi connectivity index (χ2v) is 3.32. The monoisotopic (exact) mass is 206 g/mol. The number of nitrogens with zero attached hydrogens (tertiary/aromatic N) is 2. The first kappa shape index (κ1) is 9.94. The zero-order chi connectivity index (χ0) is 10.7. The first-order chi connectivity index (χ1) is 7.33. The molecule has 0 N–H and O–H groups in total. The fourth-order valence-corrected chi connectivity index (χ4v) is 1.69. The van der Waals surface area contributed by atoms with E-state index in [1.807, 2.05) is 4.90 Å². The molecule has 0 atom stereocenters. The summed E-state index contributed by atoms with van der Waals surface area (Å²) in [7, 11) is 0. The van der Waals surface area contributed by atoms with Crippen LogP contribution in [-0.4, -0.2) is 26.3 Å². The van der Waals surface area contributed by atoms with Crippen molar-refractivity contribution >= 4 is 11.4 Å². The largest absolute Gasteiger partial charge is 0.378 e. The number of para-hydroxylation sites is 1. The highest BCUT2D eigenvalue weighted by Gasteiger charge is 2.18. The van der Waals surface area contributed by atoms with Gasteiger partial charge in [0.15, 0.2) is 0 Å². The van der Waals surface area contributed by atoms with E-state index >= 15 is 0 Å². The van der Waals surface area contributed by atoms with Gasteiger partial charge < -0.3 is 9.64 Å². The molecule has 0 amide bonds. The number of halogens is 1. The van der Waals surface area contributed by atoms with Crippen LogP contribution in [0.25, 0.3) is 4.85 Å². The van der Waals surface area contributed by atoms with Crippen LogP contribution in [0.15, 0.2) is 18.2 Å². The average Bonchev–Trinajstić information content (AvgIpc) is 2.29. The van der Waals surface area contributed by atoms with Crippen molar-refractivity contribution in [3.05, 3.63) is 35.4 Å². The van der Waals surface area contributed by atoms with Crippen molar-refractivity contribution < 1.29 is 9.13 Å². The van der Waals surface area contributed by atoms with E-state index in [1.165, 1.54) is 6.07 Å². The summed E-state index contributed by atoms with van der Waals surface area (Å²) in [5.41, 5.74) is 0.785. The number of benzene rings is 1. The van der Waals surface area contributed by atoms with E-state index in [9.17, 15) is 4.39 Å². The highest BCUT2D eigenvalue weighted by molar-refractivity contribution is 5.71. The summed E-state index contributed by atoms with van der Waals surface area (Å²) in [4.78, 5) is 5.20. The summed E-state index contributed by atoms with van der Waals surface area (Å²) >= 11 is 0. The molecule has 1 aromatic rings. The minimum Gasteiger partial charge on any atom is -0.378 e. The predicted octanol–water partition coefficient (Wildman–Crippen LogP) is 2.21. The Hall–Kier alpha value is -1.60. The van der Waals surface area contributed by atoms with Gasteiger partial charge in [-0.1, -0.05) is 12.1 Å². The van der Waals surface area contributed by atoms with Gasteiger partial charge in [-0.3, -0.25) is 0 Å². The third-order valence-electron chi connectivity index (χ3n) is 2.41. The first-order valence-corrected chi connectivity index (χ1v) is 4.81. The molecule has 0 radical (unpaired) electrons. The fourth-order valence-electron chi connectivity index (χ4n) is 1.69. The lowest BCUT2D eigenvalue weighted by atomic mass is 10.2. The number of ether oxygens (including phenoxy) is 1. The Morgan fingerprint density at radius 2 is 2.07 bits per heavy atom. The molecule has 0 saturated carbocycles. The average molecular weight is 206 g/mol. The van der Waals surface area contributed by atoms with Crippen molar-refractivity contribution in [3.8, 4) is 0 Å². The van der Waals surface area contributed by atoms with Gasteiger partial charge in [-0.05, 0) is 6.07 Å². The van der Waals surface area contributed by atoms with E-state index in [1.54, 1.807) is 12.1 Å². The van der Waals surface area contributed by atoms with Crippen LogP contribution < -0.4 is 4.90 Å². The molecule has 1 fully saturated rings. The second-order valence-electron chi connectivity index (χ2n) is 3.32. The number of morpholine rings is 1. The number of hydrogen-bond acceptors (Lipinski definition) is 2. The Morgan fingerprint density at radius 3 is 2.73 bits per heavy atom. The molecular weight excluding hydrogens is 195 g/mol. The summed E-state index contributed by atoms with van der Waals surface area (Å²) in [5, 5.41) is 0. The summed E-state index contributed by atoms with van der Waals surface area (Å²) in [6.45, 7) is 9.46. The number of anilines is 1. The van der Waals surface area contributed by atoms with Crippen molar-refractivity contribution in [2.24, 2.45) is 0 Å². The Balaban J connectivity index is 2.37. The maximum atomic E-state index is 13.6. The topological polar surface area (TPSA) is 16.8 Å². The maximum absolute atomic E-state index is 13.6. The molecule has 0 aromatic heterocycles. The van der Waals surface area contributed by atoms with E-state index in [0.29, 0.717) is 37.7 Å². The fraction of sp³-hybridized carbons (Fsp3) is 0.364. The zero-order valence-corrected chi connectivity index (χ0v) is 8.24. The molecule has 2 rings (SSSR count). The van der Waals surface area contributed by atoms with Crippen molar-refractivity contribution in [2.45, 2.75) is 0 Å². The minimum atomic E-state index is -0.328. The van der Waals surface area contributed by atoms with E-state index in [0.717, 1.165) is 0 Å². The zero-order valence-electron chi connectivity index (χ0n) is 8.24. The van der Waals surface area contributed by atoms with Crippen LogP contribution in [0.3, 0.4) is 0 Å². The van der Waals surface area contributed by atoms with Crippen LogP contribution in [0.1, 0.15) is 0 Å². The molecule has 15 heavy (non-hydrogen) atoms. The third kappa shape index (κ3) is 1.92. The number of rotatable bonds is 1. The molecule has 1 saturated heterocycles. The second kappa shape index (κ2) is 4.28. The van der Waals surface area contributed by atoms with E-state index in [-0.39, 0.29) is 5.82 Å². The standard InChI is InChI=1S/C11H11FN2O/c1-13-10-4-2-3-9(12)11(10)14-5-7-15-8-6-14/h2-4H,5-8H2. The normalized spacial score (nSPS) is 16.1. The summed E-state index contributed by atoms with van der Waals surface area (Å²) in [6, 6.07) is 4.59. The molecular formula is C11H11FN2O. The van der Waals surface area contributed by atoms with Gasteiger partial charge in [-0.25, -0.2) is 9.24 Å². The van der Waals surface area contributed by atoms with Crippen LogP contribution >= 0.6 is 0 Å². The summed E-state index contributed by atoms with van der Waals surface area (Å²) < 4.78 is 18.8. The lowest BCUT2D eigenvalue weighted by molar-refractivity contribution is 0.122. The molecule has 1 aliphatic heterocycles. The Labute approximate surface area is 87.9 Å². The summed E-state index contributed by atoms with van der Waals surface area (Å²) in [5.74, 6) is -0.328. The van der Waals surface area contributed by atoms with Gasteiger partial charge in [0, 0.05) is 13.1 Å². The van der Waals surface area contributed by atoms with Crippen molar-refractivity contribution in [3.63, 3.8) is 0 Å². The molecule has 1 heterocycles. The molecule has 0 spiro atoms. The maximum Gasteiger partial charge on any atom is 0.212 e. The lowest BCUT2D eigenvalue weighted by Gasteiger charge is -2.30. The molecule has 0 unspecified atom stereocenters. The van der Waals surface area contributed by atoms with Gasteiger partial charge in [0.25, 0.3) is 0 Å². The Morgan fingerprint density at radius 1 is 1.33 bits per heavy atom. The van der Waals surface area contributed by atoms with Crippen LogP contribution in [0.2, 0.25) is 0 Å².